The standard InChI is InChI=1S/C18H36N2O2/c1-8-12-13-16(14-17(21)22-11-4)20(18(5,6)7)15-19(9-2)10-3/h14H,8-13,15H2,1-7H3/b16-14+. The molecule has 0 unspecified atom stereocenters. The Morgan fingerprint density at radius 2 is 1.68 bits per heavy atom. The summed E-state index contributed by atoms with van der Waals surface area (Å²) in [6.07, 6.45) is 4.79. The lowest BCUT2D eigenvalue weighted by Crippen LogP contribution is -2.47. The van der Waals surface area contributed by atoms with Crippen molar-refractivity contribution in [2.24, 2.45) is 0 Å². The molecule has 0 atom stereocenters. The van der Waals surface area contributed by atoms with E-state index in [4.69, 9.17) is 4.74 Å². The maximum Gasteiger partial charge on any atom is 0.332 e. The van der Waals surface area contributed by atoms with Gasteiger partial charge in [0.05, 0.1) is 13.3 Å². The molecule has 4 heteroatoms. The third-order valence-corrected chi connectivity index (χ3v) is 3.75. The topological polar surface area (TPSA) is 32.8 Å². The third kappa shape index (κ3) is 7.83. The van der Waals surface area contributed by atoms with E-state index in [2.05, 4.69) is 51.3 Å². The maximum atomic E-state index is 11.9. The Bertz CT molecular complexity index is 341. The quantitative estimate of drug-likeness (QED) is 0.346. The first-order valence-corrected chi connectivity index (χ1v) is 8.67. The Morgan fingerprint density at radius 1 is 1.09 bits per heavy atom. The molecule has 22 heavy (non-hydrogen) atoms. The van der Waals surface area contributed by atoms with E-state index in [1.165, 1.54) is 0 Å². The first-order valence-electron chi connectivity index (χ1n) is 8.67. The first-order chi connectivity index (χ1) is 10.3. The number of carbonyl (C=O) groups is 1. The smallest absolute Gasteiger partial charge is 0.332 e. The van der Waals surface area contributed by atoms with Crippen LogP contribution in [0.15, 0.2) is 11.8 Å². The zero-order chi connectivity index (χ0) is 17.2. The normalized spacial score (nSPS) is 12.6. The van der Waals surface area contributed by atoms with Crippen molar-refractivity contribution in [3.8, 4) is 0 Å². The molecule has 0 rings (SSSR count). The molecule has 0 aromatic heterocycles. The van der Waals surface area contributed by atoms with Gasteiger partial charge in [-0.05, 0) is 53.6 Å². The summed E-state index contributed by atoms with van der Waals surface area (Å²) in [5.74, 6) is -0.234. The van der Waals surface area contributed by atoms with Crippen molar-refractivity contribution in [1.82, 2.24) is 9.80 Å². The molecule has 0 aliphatic carbocycles. The highest BCUT2D eigenvalue weighted by atomic mass is 16.5. The van der Waals surface area contributed by atoms with Gasteiger partial charge in [0, 0.05) is 17.3 Å². The molecule has 0 radical (unpaired) electrons. The molecule has 0 N–H and O–H groups in total. The first kappa shape index (κ1) is 21.0. The van der Waals surface area contributed by atoms with Gasteiger partial charge in [-0.2, -0.15) is 0 Å². The Kier molecular flexibility index (Phi) is 10.2. The monoisotopic (exact) mass is 312 g/mol. The van der Waals surface area contributed by atoms with Crippen LogP contribution in [0.1, 0.15) is 67.7 Å². The number of ether oxygens (including phenoxy) is 1. The molecular weight excluding hydrogens is 276 g/mol. The fourth-order valence-electron chi connectivity index (χ4n) is 2.32. The molecule has 0 aromatic rings. The van der Waals surface area contributed by atoms with Crippen LogP contribution in [-0.2, 0) is 9.53 Å². The zero-order valence-electron chi connectivity index (χ0n) is 15.7. The molecule has 4 nitrogen and oxygen atoms in total. The lowest BCUT2D eigenvalue weighted by atomic mass is 10.0. The van der Waals surface area contributed by atoms with Crippen LogP contribution in [0.5, 0.6) is 0 Å². The molecule has 0 heterocycles. The van der Waals surface area contributed by atoms with Crippen molar-refractivity contribution in [1.29, 1.82) is 0 Å². The van der Waals surface area contributed by atoms with Gasteiger partial charge >= 0.3 is 5.97 Å². The molecule has 0 fully saturated rings. The highest BCUT2D eigenvalue weighted by Crippen LogP contribution is 2.24. The number of hydrogen-bond donors (Lipinski definition) is 0. The van der Waals surface area contributed by atoms with Crippen molar-refractivity contribution in [3.63, 3.8) is 0 Å². The van der Waals surface area contributed by atoms with Gasteiger partial charge in [0.15, 0.2) is 0 Å². The molecule has 0 amide bonds. The minimum Gasteiger partial charge on any atom is -0.463 e. The maximum absolute atomic E-state index is 11.9. The third-order valence-electron chi connectivity index (χ3n) is 3.75. The summed E-state index contributed by atoms with van der Waals surface area (Å²) < 4.78 is 5.12. The number of rotatable bonds is 10. The van der Waals surface area contributed by atoms with E-state index >= 15 is 0 Å². The summed E-state index contributed by atoms with van der Waals surface area (Å²) in [7, 11) is 0. The summed E-state index contributed by atoms with van der Waals surface area (Å²) in [5.41, 5.74) is 1.05. The summed E-state index contributed by atoms with van der Waals surface area (Å²) in [6.45, 7) is 18.2. The van der Waals surface area contributed by atoms with Gasteiger partial charge in [0.1, 0.15) is 0 Å². The van der Waals surface area contributed by atoms with E-state index < -0.39 is 0 Å². The number of hydrogen-bond acceptors (Lipinski definition) is 4. The lowest BCUT2D eigenvalue weighted by molar-refractivity contribution is -0.137. The summed E-state index contributed by atoms with van der Waals surface area (Å²) in [4.78, 5) is 16.6. The van der Waals surface area contributed by atoms with Gasteiger partial charge in [0.2, 0.25) is 0 Å². The largest absolute Gasteiger partial charge is 0.463 e. The van der Waals surface area contributed by atoms with Crippen LogP contribution < -0.4 is 0 Å². The molecule has 0 bridgehead atoms. The van der Waals surface area contributed by atoms with E-state index in [1.807, 2.05) is 6.92 Å². The Morgan fingerprint density at radius 3 is 2.09 bits per heavy atom. The van der Waals surface area contributed by atoms with Crippen LogP contribution in [0, 0.1) is 0 Å². The molecule has 0 saturated heterocycles. The van der Waals surface area contributed by atoms with Gasteiger partial charge in [-0.1, -0.05) is 27.2 Å². The fraction of sp³-hybridized carbons (Fsp3) is 0.833. The van der Waals surface area contributed by atoms with Gasteiger partial charge in [-0.25, -0.2) is 4.79 Å². The predicted molar refractivity (Wildman–Crippen MR) is 93.6 cm³/mol. The minimum atomic E-state index is -0.234. The van der Waals surface area contributed by atoms with Crippen molar-refractivity contribution in [2.45, 2.75) is 73.3 Å². The van der Waals surface area contributed by atoms with E-state index in [9.17, 15) is 4.79 Å². The van der Waals surface area contributed by atoms with Crippen LogP contribution in [0.3, 0.4) is 0 Å². The van der Waals surface area contributed by atoms with E-state index in [0.29, 0.717) is 6.61 Å². The second-order valence-corrected chi connectivity index (χ2v) is 6.53. The second-order valence-electron chi connectivity index (χ2n) is 6.53. The highest BCUT2D eigenvalue weighted by Gasteiger charge is 2.25. The van der Waals surface area contributed by atoms with Crippen molar-refractivity contribution in [2.75, 3.05) is 26.4 Å². The van der Waals surface area contributed by atoms with Crippen LogP contribution in [0.4, 0.5) is 0 Å². The Hall–Kier alpha value is -1.03. The molecule has 0 saturated carbocycles. The summed E-state index contributed by atoms with van der Waals surface area (Å²) in [6, 6.07) is 0. The lowest BCUT2D eigenvalue weighted by Gasteiger charge is -2.42. The van der Waals surface area contributed by atoms with Crippen molar-refractivity contribution < 1.29 is 9.53 Å². The predicted octanol–water partition coefficient (Wildman–Crippen LogP) is 4.02. The van der Waals surface area contributed by atoms with Gasteiger partial charge in [-0.15, -0.1) is 0 Å². The highest BCUT2D eigenvalue weighted by molar-refractivity contribution is 5.82. The number of carbonyl (C=O) groups excluding carboxylic acids is 1. The minimum absolute atomic E-state index is 0.0331. The molecule has 130 valence electrons. The van der Waals surface area contributed by atoms with Crippen LogP contribution in [0.2, 0.25) is 0 Å². The fourth-order valence-corrected chi connectivity index (χ4v) is 2.32. The Labute approximate surface area is 137 Å². The summed E-state index contributed by atoms with van der Waals surface area (Å²) >= 11 is 0. The van der Waals surface area contributed by atoms with Gasteiger partial charge < -0.3 is 9.64 Å². The molecule has 0 spiro atoms. The van der Waals surface area contributed by atoms with Gasteiger partial charge in [-0.3, -0.25) is 4.90 Å². The van der Waals surface area contributed by atoms with Crippen molar-refractivity contribution in [3.05, 3.63) is 11.8 Å². The van der Waals surface area contributed by atoms with E-state index in [0.717, 1.165) is 44.7 Å². The molecule has 0 aliphatic heterocycles. The molecule has 0 aliphatic rings. The second kappa shape index (κ2) is 10.7. The Balaban J connectivity index is 5.39. The van der Waals surface area contributed by atoms with Crippen molar-refractivity contribution >= 4 is 5.97 Å². The average molecular weight is 312 g/mol. The van der Waals surface area contributed by atoms with Crippen LogP contribution >= 0.6 is 0 Å². The van der Waals surface area contributed by atoms with Crippen LogP contribution in [0.25, 0.3) is 0 Å². The average Bonchev–Trinajstić information content (AvgIpc) is 2.44. The number of unbranched alkanes of at least 4 members (excludes halogenated alkanes) is 1. The zero-order valence-corrected chi connectivity index (χ0v) is 15.7. The van der Waals surface area contributed by atoms with Gasteiger partial charge in [0.25, 0.3) is 0 Å². The molecule has 0 aromatic carbocycles. The number of nitrogens with zero attached hydrogens (tertiary/aromatic N) is 2. The summed E-state index contributed by atoms with van der Waals surface area (Å²) in [5, 5.41) is 0. The van der Waals surface area contributed by atoms with E-state index in [1.54, 1.807) is 6.08 Å². The van der Waals surface area contributed by atoms with Crippen LogP contribution in [-0.4, -0.2) is 47.7 Å². The number of allylic oxidation sites excluding steroid dienone is 1. The molecular formula is C18H36N2O2. The SMILES string of the molecule is CCCC/C(=C\C(=O)OCC)N(CN(CC)CC)C(C)(C)C. The number of esters is 1. The van der Waals surface area contributed by atoms with E-state index in [-0.39, 0.29) is 11.5 Å².